The van der Waals surface area contributed by atoms with Crippen molar-refractivity contribution in [2.75, 3.05) is 6.54 Å². The molecule has 1 aliphatic carbocycles. The Kier molecular flexibility index (Phi) is 2.38. The molecule has 1 aliphatic heterocycles. The van der Waals surface area contributed by atoms with E-state index in [0.717, 1.165) is 19.4 Å². The molecule has 0 N–H and O–H groups in total. The van der Waals surface area contributed by atoms with Crippen molar-refractivity contribution in [3.8, 4) is 0 Å². The highest BCUT2D eigenvalue weighted by molar-refractivity contribution is 5.92. The van der Waals surface area contributed by atoms with Crippen LogP contribution in [0.4, 0.5) is 0 Å². The quantitative estimate of drug-likeness (QED) is 0.762. The van der Waals surface area contributed by atoms with Crippen molar-refractivity contribution in [3.05, 3.63) is 24.2 Å². The van der Waals surface area contributed by atoms with E-state index in [0.29, 0.717) is 17.2 Å². The highest BCUT2D eigenvalue weighted by atomic mass is 16.3. The lowest BCUT2D eigenvalue weighted by Gasteiger charge is -2.39. The molecule has 3 heteroatoms. The van der Waals surface area contributed by atoms with Gasteiger partial charge in [-0.2, -0.15) is 0 Å². The lowest BCUT2D eigenvalue weighted by atomic mass is 9.65. The highest BCUT2D eigenvalue weighted by Crippen LogP contribution is 2.52. The SMILES string of the molecule is CC1(C)C[C@@H]2C[C@](C)(CN2C(=O)c2ccco2)C1. The van der Waals surface area contributed by atoms with Gasteiger partial charge in [0.25, 0.3) is 5.91 Å². The second-order valence-electron chi connectivity index (χ2n) is 7.12. The highest BCUT2D eigenvalue weighted by Gasteiger charge is 2.51. The number of rotatable bonds is 1. The minimum absolute atomic E-state index is 0.0615. The molecule has 1 aromatic heterocycles. The summed E-state index contributed by atoms with van der Waals surface area (Å²) < 4.78 is 5.25. The third-order valence-corrected chi connectivity index (χ3v) is 4.41. The van der Waals surface area contributed by atoms with Crippen LogP contribution in [0.3, 0.4) is 0 Å². The zero-order chi connectivity index (χ0) is 13.0. The van der Waals surface area contributed by atoms with E-state index in [-0.39, 0.29) is 11.3 Å². The second kappa shape index (κ2) is 3.62. The molecule has 0 spiro atoms. The zero-order valence-corrected chi connectivity index (χ0v) is 11.4. The van der Waals surface area contributed by atoms with Crippen LogP contribution in [-0.2, 0) is 0 Å². The van der Waals surface area contributed by atoms with Gasteiger partial charge in [-0.05, 0) is 42.2 Å². The summed E-state index contributed by atoms with van der Waals surface area (Å²) in [5, 5.41) is 0. The molecule has 2 aliphatic rings. The molecular weight excluding hydrogens is 226 g/mol. The maximum Gasteiger partial charge on any atom is 0.289 e. The molecule has 3 rings (SSSR count). The maximum atomic E-state index is 12.4. The molecular formula is C15H21NO2. The van der Waals surface area contributed by atoms with E-state index in [4.69, 9.17) is 4.42 Å². The van der Waals surface area contributed by atoms with Crippen LogP contribution in [0.2, 0.25) is 0 Å². The molecule has 1 amide bonds. The van der Waals surface area contributed by atoms with E-state index in [1.165, 1.54) is 6.42 Å². The number of hydrogen-bond acceptors (Lipinski definition) is 2. The fourth-order valence-corrected chi connectivity index (χ4v) is 4.24. The predicted octanol–water partition coefficient (Wildman–Crippen LogP) is 3.32. The number of furan rings is 1. The van der Waals surface area contributed by atoms with E-state index >= 15 is 0 Å². The summed E-state index contributed by atoms with van der Waals surface area (Å²) in [6.45, 7) is 7.83. The van der Waals surface area contributed by atoms with Crippen molar-refractivity contribution >= 4 is 5.91 Å². The van der Waals surface area contributed by atoms with Crippen LogP contribution >= 0.6 is 0 Å². The third-order valence-electron chi connectivity index (χ3n) is 4.41. The van der Waals surface area contributed by atoms with Crippen molar-refractivity contribution in [1.29, 1.82) is 0 Å². The number of carbonyl (C=O) groups excluding carboxylic acids is 1. The molecule has 0 aromatic carbocycles. The fourth-order valence-electron chi connectivity index (χ4n) is 4.24. The van der Waals surface area contributed by atoms with Gasteiger partial charge < -0.3 is 9.32 Å². The van der Waals surface area contributed by atoms with Crippen molar-refractivity contribution in [2.24, 2.45) is 10.8 Å². The van der Waals surface area contributed by atoms with Crippen LogP contribution in [0.15, 0.2) is 22.8 Å². The molecule has 0 radical (unpaired) electrons. The van der Waals surface area contributed by atoms with Crippen molar-refractivity contribution < 1.29 is 9.21 Å². The molecule has 2 bridgehead atoms. The number of fused-ring (bicyclic) bond motifs is 2. The predicted molar refractivity (Wildman–Crippen MR) is 69.3 cm³/mol. The molecule has 1 saturated carbocycles. The van der Waals surface area contributed by atoms with Gasteiger partial charge >= 0.3 is 0 Å². The van der Waals surface area contributed by atoms with E-state index in [9.17, 15) is 4.79 Å². The summed E-state index contributed by atoms with van der Waals surface area (Å²) in [6.07, 6.45) is 5.03. The molecule has 1 aromatic rings. The van der Waals surface area contributed by atoms with Gasteiger partial charge in [0, 0.05) is 12.6 Å². The fraction of sp³-hybridized carbons (Fsp3) is 0.667. The Labute approximate surface area is 108 Å². The van der Waals surface area contributed by atoms with Gasteiger partial charge in [-0.1, -0.05) is 20.8 Å². The van der Waals surface area contributed by atoms with Gasteiger partial charge in [-0.25, -0.2) is 0 Å². The van der Waals surface area contributed by atoms with Crippen molar-refractivity contribution in [1.82, 2.24) is 4.90 Å². The van der Waals surface area contributed by atoms with Gasteiger partial charge in [0.05, 0.1) is 6.26 Å². The summed E-state index contributed by atoms with van der Waals surface area (Å²) in [4.78, 5) is 14.5. The third kappa shape index (κ3) is 1.86. The largest absolute Gasteiger partial charge is 0.459 e. The van der Waals surface area contributed by atoms with E-state index in [1.807, 2.05) is 4.90 Å². The van der Waals surface area contributed by atoms with Crippen molar-refractivity contribution in [2.45, 2.75) is 46.1 Å². The Hall–Kier alpha value is -1.25. The van der Waals surface area contributed by atoms with Crippen LogP contribution in [0.25, 0.3) is 0 Å². The minimum atomic E-state index is 0.0615. The first kappa shape index (κ1) is 11.8. The van der Waals surface area contributed by atoms with Crippen LogP contribution in [0.5, 0.6) is 0 Å². The van der Waals surface area contributed by atoms with Gasteiger partial charge in [-0.15, -0.1) is 0 Å². The summed E-state index contributed by atoms with van der Waals surface area (Å²) in [6, 6.07) is 3.93. The first-order valence-electron chi connectivity index (χ1n) is 6.73. The number of nitrogens with zero attached hydrogens (tertiary/aromatic N) is 1. The van der Waals surface area contributed by atoms with Gasteiger partial charge in [0.15, 0.2) is 5.76 Å². The second-order valence-corrected chi connectivity index (χ2v) is 7.12. The Morgan fingerprint density at radius 2 is 2.17 bits per heavy atom. The molecule has 18 heavy (non-hydrogen) atoms. The molecule has 2 fully saturated rings. The summed E-state index contributed by atoms with van der Waals surface area (Å²) in [5.41, 5.74) is 0.629. The minimum Gasteiger partial charge on any atom is -0.459 e. The van der Waals surface area contributed by atoms with E-state index in [1.54, 1.807) is 18.4 Å². The smallest absolute Gasteiger partial charge is 0.289 e. The summed E-state index contributed by atoms with van der Waals surface area (Å²) in [5.74, 6) is 0.537. The van der Waals surface area contributed by atoms with Gasteiger partial charge in [0.2, 0.25) is 0 Å². The first-order valence-corrected chi connectivity index (χ1v) is 6.73. The Morgan fingerprint density at radius 1 is 1.39 bits per heavy atom. The van der Waals surface area contributed by atoms with Gasteiger partial charge in [-0.3, -0.25) is 4.79 Å². The Morgan fingerprint density at radius 3 is 2.83 bits per heavy atom. The Balaban J connectivity index is 1.86. The number of amides is 1. The average Bonchev–Trinajstić information content (AvgIpc) is 2.82. The standard InChI is InChI=1S/C15H21NO2/c1-14(2)7-11-8-15(3,9-14)10-16(11)13(17)12-5-4-6-18-12/h4-6,11H,7-10H2,1-3H3/t11-,15+/m1/s1. The normalized spacial score (nSPS) is 33.7. The van der Waals surface area contributed by atoms with Crippen LogP contribution in [0, 0.1) is 10.8 Å². The lowest BCUT2D eigenvalue weighted by Crippen LogP contribution is -2.37. The Bertz CT molecular complexity index is 463. The van der Waals surface area contributed by atoms with Crippen LogP contribution in [-0.4, -0.2) is 23.4 Å². The number of hydrogen-bond donors (Lipinski definition) is 0. The first-order chi connectivity index (χ1) is 8.39. The molecule has 2 atom stereocenters. The zero-order valence-electron chi connectivity index (χ0n) is 11.4. The van der Waals surface area contributed by atoms with Crippen LogP contribution in [0.1, 0.15) is 50.6 Å². The molecule has 3 nitrogen and oxygen atoms in total. The molecule has 98 valence electrons. The summed E-state index contributed by atoms with van der Waals surface area (Å²) >= 11 is 0. The lowest BCUT2D eigenvalue weighted by molar-refractivity contribution is 0.0676. The topological polar surface area (TPSA) is 33.5 Å². The maximum absolute atomic E-state index is 12.4. The van der Waals surface area contributed by atoms with E-state index < -0.39 is 0 Å². The number of carbonyl (C=O) groups is 1. The van der Waals surface area contributed by atoms with E-state index in [2.05, 4.69) is 20.8 Å². The molecule has 1 saturated heterocycles. The monoisotopic (exact) mass is 247 g/mol. The number of likely N-dealkylation sites (tertiary alicyclic amines) is 1. The summed E-state index contributed by atoms with van der Waals surface area (Å²) in [7, 11) is 0. The molecule has 0 unspecified atom stereocenters. The van der Waals surface area contributed by atoms with Gasteiger partial charge in [0.1, 0.15) is 0 Å². The molecule has 2 heterocycles. The average molecular weight is 247 g/mol. The van der Waals surface area contributed by atoms with Crippen molar-refractivity contribution in [3.63, 3.8) is 0 Å². The van der Waals surface area contributed by atoms with Crippen LogP contribution < -0.4 is 0 Å².